The third-order valence-corrected chi connectivity index (χ3v) is 5.48. The summed E-state index contributed by atoms with van der Waals surface area (Å²) in [5.74, 6) is 0. The Bertz CT molecular complexity index is 1120. The van der Waals surface area contributed by atoms with Gasteiger partial charge in [0.1, 0.15) is 0 Å². The largest absolute Gasteiger partial charge is 0.385 e. The molecule has 0 fully saturated rings. The maximum atomic E-state index is 11.1. The molecule has 0 radical (unpaired) electrons. The first-order chi connectivity index (χ1) is 12.2. The van der Waals surface area contributed by atoms with Crippen LogP contribution in [-0.2, 0) is 16.9 Å². The first kappa shape index (κ1) is 14.9. The number of fused-ring (bicyclic) bond motifs is 5. The zero-order chi connectivity index (χ0) is 17.0. The molecule has 3 aromatic heterocycles. The zero-order valence-corrected chi connectivity index (χ0v) is 14.2. The van der Waals surface area contributed by atoms with Gasteiger partial charge in [-0.1, -0.05) is 25.1 Å². The molecule has 4 heteroatoms. The van der Waals surface area contributed by atoms with E-state index in [0.29, 0.717) is 26.1 Å². The first-order valence-electron chi connectivity index (χ1n) is 8.82. The Hall–Kier alpha value is -2.43. The summed E-state index contributed by atoms with van der Waals surface area (Å²) in [7, 11) is 0. The van der Waals surface area contributed by atoms with Crippen LogP contribution in [0, 0.1) is 0 Å². The molecule has 1 aliphatic rings. The van der Waals surface area contributed by atoms with Gasteiger partial charge in [-0.05, 0) is 30.2 Å². The van der Waals surface area contributed by atoms with Crippen LogP contribution in [0.5, 0.6) is 0 Å². The van der Waals surface area contributed by atoms with Crippen molar-refractivity contribution in [3.05, 3.63) is 59.9 Å². The predicted octanol–water partition coefficient (Wildman–Crippen LogP) is 4.16. The molecule has 1 atom stereocenters. The van der Waals surface area contributed by atoms with Gasteiger partial charge in [0, 0.05) is 35.2 Å². The van der Waals surface area contributed by atoms with Gasteiger partial charge in [-0.15, -0.1) is 0 Å². The molecule has 0 saturated heterocycles. The molecule has 0 amide bonds. The lowest BCUT2D eigenvalue weighted by Crippen LogP contribution is -2.26. The van der Waals surface area contributed by atoms with Crippen molar-refractivity contribution in [3.8, 4) is 0 Å². The molecule has 126 valence electrons. The van der Waals surface area contributed by atoms with E-state index in [1.165, 1.54) is 0 Å². The molecule has 0 bridgehead atoms. The third-order valence-electron chi connectivity index (χ3n) is 5.48. The Morgan fingerprint density at radius 3 is 2.96 bits per heavy atom. The van der Waals surface area contributed by atoms with Crippen LogP contribution in [0.15, 0.2) is 48.8 Å². The summed E-state index contributed by atoms with van der Waals surface area (Å²) in [5.41, 5.74) is 4.21. The summed E-state index contributed by atoms with van der Waals surface area (Å²) in [6.07, 6.45) is 5.50. The normalized spacial score (nSPS) is 20.9. The Morgan fingerprint density at radius 2 is 2.08 bits per heavy atom. The molecule has 1 N–H and O–H groups in total. The van der Waals surface area contributed by atoms with Crippen LogP contribution in [0.2, 0.25) is 0 Å². The number of pyridine rings is 2. The second kappa shape index (κ2) is 5.28. The highest BCUT2D eigenvalue weighted by molar-refractivity contribution is 6.01. The highest BCUT2D eigenvalue weighted by Crippen LogP contribution is 2.36. The Labute approximate surface area is 145 Å². The van der Waals surface area contributed by atoms with E-state index in [0.717, 1.165) is 38.4 Å². The fraction of sp³-hybridized carbons (Fsp3) is 0.286. The van der Waals surface area contributed by atoms with Crippen LogP contribution in [0.25, 0.3) is 27.3 Å². The second-order valence-corrected chi connectivity index (χ2v) is 6.94. The minimum Gasteiger partial charge on any atom is -0.385 e. The van der Waals surface area contributed by atoms with Crippen LogP contribution in [0.4, 0.5) is 0 Å². The summed E-state index contributed by atoms with van der Waals surface area (Å²) >= 11 is 0. The smallest absolute Gasteiger partial charge is 0.0964 e. The molecular formula is C21H20N2O2. The van der Waals surface area contributed by atoms with Crippen LogP contribution in [0.3, 0.4) is 0 Å². The number of aromatic nitrogens is 2. The van der Waals surface area contributed by atoms with E-state index in [1.807, 2.05) is 25.1 Å². The maximum absolute atomic E-state index is 11.1. The number of aliphatic hydroxyl groups is 1. The SMILES string of the molecule is CCC1(O)CCOCc2cn3cc4cc5ccccc5nc4c3cc21. The van der Waals surface area contributed by atoms with Gasteiger partial charge in [-0.25, -0.2) is 4.98 Å². The van der Waals surface area contributed by atoms with Gasteiger partial charge in [0.15, 0.2) is 0 Å². The second-order valence-electron chi connectivity index (χ2n) is 6.94. The lowest BCUT2D eigenvalue weighted by Gasteiger charge is -2.27. The molecular weight excluding hydrogens is 312 g/mol. The van der Waals surface area contributed by atoms with Gasteiger partial charge in [0.25, 0.3) is 0 Å². The quantitative estimate of drug-likeness (QED) is 0.569. The van der Waals surface area contributed by atoms with Crippen molar-refractivity contribution in [2.45, 2.75) is 32.0 Å². The standard InChI is InChI=1S/C21H20N2O2/c1-2-21(24)7-8-25-13-16-12-23-11-15-9-14-5-3-4-6-18(14)22-20(15)19(23)10-17(16)21/h3-6,9-12,24H,2,7-8,13H2,1H3. The molecule has 1 aliphatic heterocycles. The molecule has 4 aromatic rings. The number of benzene rings is 1. The van der Waals surface area contributed by atoms with Crippen molar-refractivity contribution in [1.29, 1.82) is 0 Å². The molecule has 0 spiro atoms. The number of ether oxygens (including phenoxy) is 1. The van der Waals surface area contributed by atoms with Crippen LogP contribution < -0.4 is 0 Å². The number of para-hydroxylation sites is 1. The molecule has 0 aliphatic carbocycles. The van der Waals surface area contributed by atoms with E-state index in [-0.39, 0.29) is 0 Å². The lowest BCUT2D eigenvalue weighted by atomic mass is 9.86. The number of rotatable bonds is 1. The monoisotopic (exact) mass is 332 g/mol. The average molecular weight is 332 g/mol. The van der Waals surface area contributed by atoms with Gasteiger partial charge in [0.2, 0.25) is 0 Å². The Balaban J connectivity index is 1.85. The van der Waals surface area contributed by atoms with E-state index >= 15 is 0 Å². The van der Waals surface area contributed by atoms with E-state index < -0.39 is 5.60 Å². The predicted molar refractivity (Wildman–Crippen MR) is 98.7 cm³/mol. The van der Waals surface area contributed by atoms with Crippen molar-refractivity contribution in [3.63, 3.8) is 0 Å². The summed E-state index contributed by atoms with van der Waals surface area (Å²) in [6.45, 7) is 3.15. The topological polar surface area (TPSA) is 46.8 Å². The van der Waals surface area contributed by atoms with Crippen LogP contribution >= 0.6 is 0 Å². The van der Waals surface area contributed by atoms with Crippen LogP contribution in [-0.4, -0.2) is 21.1 Å². The minimum absolute atomic E-state index is 0.539. The van der Waals surface area contributed by atoms with Crippen molar-refractivity contribution < 1.29 is 9.84 Å². The number of hydrogen-bond donors (Lipinski definition) is 1. The van der Waals surface area contributed by atoms with Crippen molar-refractivity contribution in [2.75, 3.05) is 6.61 Å². The van der Waals surface area contributed by atoms with Gasteiger partial charge >= 0.3 is 0 Å². The molecule has 5 rings (SSSR count). The summed E-state index contributed by atoms with van der Waals surface area (Å²) in [5, 5.41) is 13.4. The third kappa shape index (κ3) is 2.18. The first-order valence-corrected chi connectivity index (χ1v) is 8.82. The molecule has 0 saturated carbocycles. The molecule has 1 aromatic carbocycles. The van der Waals surface area contributed by atoms with Gasteiger partial charge in [-0.2, -0.15) is 0 Å². The molecule has 25 heavy (non-hydrogen) atoms. The Kier molecular flexibility index (Phi) is 3.14. The van der Waals surface area contributed by atoms with Crippen molar-refractivity contribution >= 4 is 27.3 Å². The molecule has 4 nitrogen and oxygen atoms in total. The van der Waals surface area contributed by atoms with Crippen LogP contribution in [0.1, 0.15) is 30.9 Å². The fourth-order valence-electron chi connectivity index (χ4n) is 3.97. The highest BCUT2D eigenvalue weighted by Gasteiger charge is 2.32. The van der Waals surface area contributed by atoms with Crippen molar-refractivity contribution in [1.82, 2.24) is 9.38 Å². The van der Waals surface area contributed by atoms with E-state index in [2.05, 4.69) is 35.0 Å². The van der Waals surface area contributed by atoms with Gasteiger partial charge < -0.3 is 14.2 Å². The highest BCUT2D eigenvalue weighted by atomic mass is 16.5. The average Bonchev–Trinajstić information content (AvgIpc) is 2.89. The fourth-order valence-corrected chi connectivity index (χ4v) is 3.97. The Morgan fingerprint density at radius 1 is 1.20 bits per heavy atom. The minimum atomic E-state index is -0.832. The number of hydrogen-bond acceptors (Lipinski definition) is 3. The van der Waals surface area contributed by atoms with E-state index in [9.17, 15) is 5.11 Å². The van der Waals surface area contributed by atoms with E-state index in [4.69, 9.17) is 9.72 Å². The molecule has 4 heterocycles. The van der Waals surface area contributed by atoms with E-state index in [1.54, 1.807) is 0 Å². The zero-order valence-electron chi connectivity index (χ0n) is 14.2. The van der Waals surface area contributed by atoms with Crippen molar-refractivity contribution in [2.24, 2.45) is 0 Å². The summed E-state index contributed by atoms with van der Waals surface area (Å²) in [6, 6.07) is 12.5. The number of nitrogens with zero attached hydrogens (tertiary/aromatic N) is 2. The lowest BCUT2D eigenvalue weighted by molar-refractivity contribution is 0.00232. The summed E-state index contributed by atoms with van der Waals surface area (Å²) in [4.78, 5) is 4.88. The summed E-state index contributed by atoms with van der Waals surface area (Å²) < 4.78 is 7.83. The molecule has 1 unspecified atom stereocenters. The maximum Gasteiger partial charge on any atom is 0.0964 e. The van der Waals surface area contributed by atoms with Gasteiger partial charge in [-0.3, -0.25) is 0 Å². The van der Waals surface area contributed by atoms with Gasteiger partial charge in [0.05, 0.1) is 35.4 Å².